The summed E-state index contributed by atoms with van der Waals surface area (Å²) in [4.78, 5) is 10.5. The van der Waals surface area contributed by atoms with Crippen molar-refractivity contribution < 1.29 is 4.74 Å². The van der Waals surface area contributed by atoms with Gasteiger partial charge >= 0.3 is 0 Å². The van der Waals surface area contributed by atoms with E-state index in [1.54, 1.807) is 16.0 Å². The fourth-order valence-electron chi connectivity index (χ4n) is 1.95. The predicted molar refractivity (Wildman–Crippen MR) is 79.8 cm³/mol. The van der Waals surface area contributed by atoms with Crippen molar-refractivity contribution in [3.8, 4) is 11.8 Å². The van der Waals surface area contributed by atoms with Gasteiger partial charge in [0, 0.05) is 18.0 Å². The van der Waals surface area contributed by atoms with Crippen LogP contribution in [0, 0.1) is 6.92 Å². The smallest absolute Gasteiger partial charge is 0.234 e. The van der Waals surface area contributed by atoms with E-state index in [2.05, 4.69) is 28.1 Å². The maximum atomic E-state index is 5.97. The zero-order valence-corrected chi connectivity index (χ0v) is 12.9. The third-order valence-corrected chi connectivity index (χ3v) is 4.23. The van der Waals surface area contributed by atoms with Gasteiger partial charge in [-0.3, -0.25) is 0 Å². The third-order valence-electron chi connectivity index (χ3n) is 2.89. The number of ether oxygens (including phenoxy) is 1. The molecule has 0 aliphatic heterocycles. The van der Waals surface area contributed by atoms with Gasteiger partial charge in [-0.1, -0.05) is 6.92 Å². The molecule has 0 fully saturated rings. The van der Waals surface area contributed by atoms with Crippen LogP contribution in [-0.2, 0) is 13.5 Å². The zero-order valence-electron chi connectivity index (χ0n) is 11.3. The second-order valence-electron chi connectivity index (χ2n) is 4.43. The van der Waals surface area contributed by atoms with Crippen molar-refractivity contribution in [3.05, 3.63) is 28.0 Å². The van der Waals surface area contributed by atoms with E-state index in [9.17, 15) is 0 Å². The normalized spacial score (nSPS) is 11.2. The van der Waals surface area contributed by atoms with Crippen molar-refractivity contribution >= 4 is 33.2 Å². The Morgan fingerprint density at radius 1 is 1.35 bits per heavy atom. The molecule has 3 rings (SSSR count). The Morgan fingerprint density at radius 3 is 2.80 bits per heavy atom. The Bertz CT molecular complexity index is 780. The molecular weight excluding hydrogens is 296 g/mol. The van der Waals surface area contributed by atoms with E-state index < -0.39 is 0 Å². The Labute approximate surface area is 125 Å². The molecule has 104 valence electrons. The van der Waals surface area contributed by atoms with E-state index in [0.29, 0.717) is 11.8 Å². The van der Waals surface area contributed by atoms with Crippen LogP contribution < -0.4 is 4.74 Å². The molecule has 0 aliphatic carbocycles. The summed E-state index contributed by atoms with van der Waals surface area (Å²) in [5, 5.41) is 5.32. The number of rotatable bonds is 3. The first kappa shape index (κ1) is 13.3. The second kappa shape index (κ2) is 5.03. The lowest BCUT2D eigenvalue weighted by molar-refractivity contribution is 0.420. The van der Waals surface area contributed by atoms with E-state index in [0.717, 1.165) is 22.3 Å². The molecule has 7 heteroatoms. The third kappa shape index (κ3) is 2.36. The molecular formula is C13H13ClN4OS. The number of hydrogen-bond donors (Lipinski definition) is 0. The van der Waals surface area contributed by atoms with Crippen LogP contribution in [0.4, 0.5) is 0 Å². The summed E-state index contributed by atoms with van der Waals surface area (Å²) in [6.45, 7) is 4.01. The van der Waals surface area contributed by atoms with Gasteiger partial charge in [-0.05, 0) is 31.0 Å². The van der Waals surface area contributed by atoms with Gasteiger partial charge < -0.3 is 4.74 Å². The van der Waals surface area contributed by atoms with E-state index in [1.165, 1.54) is 4.88 Å². The molecule has 0 saturated heterocycles. The standard InChI is InChI=1S/C13H13ClN4OS/c1-4-8-6-9-11(15-13(14)16-12(9)20-8)19-10-5-7(2)17-18(10)3/h5-6H,4H2,1-3H3. The monoisotopic (exact) mass is 308 g/mol. The van der Waals surface area contributed by atoms with E-state index >= 15 is 0 Å². The van der Waals surface area contributed by atoms with Crippen LogP contribution in [0.25, 0.3) is 10.2 Å². The first-order chi connectivity index (χ1) is 9.56. The lowest BCUT2D eigenvalue weighted by atomic mass is 10.3. The van der Waals surface area contributed by atoms with Gasteiger partial charge in [0.15, 0.2) is 0 Å². The molecule has 0 aromatic carbocycles. The lowest BCUT2D eigenvalue weighted by Gasteiger charge is -2.05. The largest absolute Gasteiger partial charge is 0.420 e. The van der Waals surface area contributed by atoms with E-state index in [4.69, 9.17) is 16.3 Å². The highest BCUT2D eigenvalue weighted by Gasteiger charge is 2.14. The first-order valence-corrected chi connectivity index (χ1v) is 7.40. The molecule has 0 amide bonds. The highest BCUT2D eigenvalue weighted by Crippen LogP contribution is 2.34. The average molecular weight is 309 g/mol. The molecule has 3 aromatic rings. The number of aromatic nitrogens is 4. The molecule has 3 heterocycles. The summed E-state index contributed by atoms with van der Waals surface area (Å²) in [7, 11) is 1.83. The van der Waals surface area contributed by atoms with Gasteiger partial charge in [0.25, 0.3) is 0 Å². The van der Waals surface area contributed by atoms with Gasteiger partial charge in [0.2, 0.25) is 17.0 Å². The van der Waals surface area contributed by atoms with Crippen molar-refractivity contribution in [3.63, 3.8) is 0 Å². The molecule has 0 aliphatic rings. The molecule has 0 bridgehead atoms. The van der Waals surface area contributed by atoms with Gasteiger partial charge in [-0.25, -0.2) is 9.67 Å². The van der Waals surface area contributed by atoms with E-state index in [-0.39, 0.29) is 5.28 Å². The minimum Gasteiger partial charge on any atom is -0.420 e. The number of nitrogens with zero attached hydrogens (tertiary/aromatic N) is 4. The summed E-state index contributed by atoms with van der Waals surface area (Å²) in [6.07, 6.45) is 0.947. The quantitative estimate of drug-likeness (QED) is 0.692. The number of aryl methyl sites for hydroxylation is 3. The minimum absolute atomic E-state index is 0.191. The summed E-state index contributed by atoms with van der Waals surface area (Å²) in [6, 6.07) is 3.91. The molecule has 0 spiro atoms. The lowest BCUT2D eigenvalue weighted by Crippen LogP contribution is -1.97. The molecule has 0 atom stereocenters. The molecule has 20 heavy (non-hydrogen) atoms. The zero-order chi connectivity index (χ0) is 14.3. The fourth-order valence-corrected chi connectivity index (χ4v) is 3.12. The molecule has 5 nitrogen and oxygen atoms in total. The minimum atomic E-state index is 0.191. The van der Waals surface area contributed by atoms with Crippen LogP contribution in [-0.4, -0.2) is 19.7 Å². The first-order valence-electron chi connectivity index (χ1n) is 6.21. The summed E-state index contributed by atoms with van der Waals surface area (Å²) in [5.41, 5.74) is 0.887. The second-order valence-corrected chi connectivity index (χ2v) is 5.89. The molecule has 0 radical (unpaired) electrons. The van der Waals surface area contributed by atoms with Crippen molar-refractivity contribution in [2.75, 3.05) is 0 Å². The van der Waals surface area contributed by atoms with Gasteiger partial charge in [0.1, 0.15) is 4.83 Å². The number of fused-ring (bicyclic) bond motifs is 1. The fraction of sp³-hybridized carbons (Fsp3) is 0.308. The molecule has 0 unspecified atom stereocenters. The van der Waals surface area contributed by atoms with Gasteiger partial charge in [0.05, 0.1) is 11.1 Å². The molecule has 3 aromatic heterocycles. The SMILES string of the molecule is CCc1cc2c(Oc3cc(C)nn3C)nc(Cl)nc2s1. The van der Waals surface area contributed by atoms with Crippen molar-refractivity contribution in [1.29, 1.82) is 0 Å². The Balaban J connectivity index is 2.10. The van der Waals surface area contributed by atoms with Crippen LogP contribution in [0.1, 0.15) is 17.5 Å². The molecule has 0 saturated carbocycles. The maximum Gasteiger partial charge on any atom is 0.234 e. The van der Waals surface area contributed by atoms with Crippen molar-refractivity contribution in [1.82, 2.24) is 19.7 Å². The Kier molecular flexibility index (Phi) is 3.35. The van der Waals surface area contributed by atoms with Crippen molar-refractivity contribution in [2.45, 2.75) is 20.3 Å². The summed E-state index contributed by atoms with van der Waals surface area (Å²) >= 11 is 7.58. The number of halogens is 1. The Hall–Kier alpha value is -1.66. The van der Waals surface area contributed by atoms with Crippen LogP contribution in [0.15, 0.2) is 12.1 Å². The topological polar surface area (TPSA) is 52.8 Å². The van der Waals surface area contributed by atoms with E-state index in [1.807, 2.05) is 20.0 Å². The number of hydrogen-bond acceptors (Lipinski definition) is 5. The van der Waals surface area contributed by atoms with Gasteiger partial charge in [-0.2, -0.15) is 10.1 Å². The Morgan fingerprint density at radius 2 is 2.15 bits per heavy atom. The predicted octanol–water partition coefficient (Wildman–Crippen LogP) is 3.74. The van der Waals surface area contributed by atoms with Gasteiger partial charge in [-0.15, -0.1) is 11.3 Å². The summed E-state index contributed by atoms with van der Waals surface area (Å²) < 4.78 is 7.52. The van der Waals surface area contributed by atoms with Crippen LogP contribution in [0.3, 0.4) is 0 Å². The number of thiophene rings is 1. The summed E-state index contributed by atoms with van der Waals surface area (Å²) in [5.74, 6) is 1.10. The van der Waals surface area contributed by atoms with Crippen LogP contribution in [0.2, 0.25) is 5.28 Å². The highest BCUT2D eigenvalue weighted by molar-refractivity contribution is 7.18. The van der Waals surface area contributed by atoms with Crippen LogP contribution >= 0.6 is 22.9 Å². The highest BCUT2D eigenvalue weighted by atomic mass is 35.5. The molecule has 0 N–H and O–H groups in total. The van der Waals surface area contributed by atoms with Crippen LogP contribution in [0.5, 0.6) is 11.8 Å². The maximum absolute atomic E-state index is 5.97. The van der Waals surface area contributed by atoms with Crippen molar-refractivity contribution in [2.24, 2.45) is 7.05 Å². The average Bonchev–Trinajstić information content (AvgIpc) is 2.93.